The molecule has 116 valence electrons. The molecule has 0 spiro atoms. The summed E-state index contributed by atoms with van der Waals surface area (Å²) in [5.74, 6) is 0. The van der Waals surface area contributed by atoms with Crippen molar-refractivity contribution in [1.82, 2.24) is 4.90 Å². The first kappa shape index (κ1) is 16.1. The first-order valence-corrected chi connectivity index (χ1v) is 7.11. The monoisotopic (exact) mass is 300 g/mol. The highest BCUT2D eigenvalue weighted by Crippen LogP contribution is 2.34. The Morgan fingerprint density at radius 1 is 1.09 bits per heavy atom. The number of rotatable bonds is 6. The van der Waals surface area contributed by atoms with Gasteiger partial charge in [-0.25, -0.2) is 0 Å². The number of nitro benzene ring substituents is 1. The Morgan fingerprint density at radius 3 is 2.32 bits per heavy atom. The molecule has 5 heteroatoms. The molecule has 0 aromatic heterocycles. The normalized spacial score (nSPS) is 13.8. The fourth-order valence-corrected chi connectivity index (χ4v) is 2.43. The SMILES string of the molecule is CN(C)CCC(O)(c1ccccc1)c1cccc([N+](=O)[O-])c1. The molecular weight excluding hydrogens is 280 g/mol. The highest BCUT2D eigenvalue weighted by atomic mass is 16.6. The van der Waals surface area contributed by atoms with Gasteiger partial charge in [0.25, 0.3) is 5.69 Å². The minimum Gasteiger partial charge on any atom is -0.380 e. The molecule has 2 rings (SSSR count). The Hall–Kier alpha value is -2.24. The van der Waals surface area contributed by atoms with Crippen LogP contribution in [0, 0.1) is 10.1 Å². The minimum atomic E-state index is -1.25. The van der Waals surface area contributed by atoms with Crippen LogP contribution in [0.15, 0.2) is 54.6 Å². The van der Waals surface area contributed by atoms with Crippen molar-refractivity contribution in [2.24, 2.45) is 0 Å². The van der Waals surface area contributed by atoms with Crippen molar-refractivity contribution in [3.05, 3.63) is 75.8 Å². The molecule has 1 unspecified atom stereocenters. The molecule has 5 nitrogen and oxygen atoms in total. The van der Waals surface area contributed by atoms with Gasteiger partial charge in [-0.05, 0) is 31.6 Å². The summed E-state index contributed by atoms with van der Waals surface area (Å²) in [5.41, 5.74) is 0.00109. The molecule has 0 saturated heterocycles. The molecule has 0 bridgehead atoms. The second-order valence-electron chi connectivity index (χ2n) is 5.59. The maximum atomic E-state index is 11.3. The number of benzene rings is 2. The van der Waals surface area contributed by atoms with Crippen LogP contribution >= 0.6 is 0 Å². The van der Waals surface area contributed by atoms with Gasteiger partial charge in [0.2, 0.25) is 0 Å². The zero-order valence-electron chi connectivity index (χ0n) is 12.8. The molecule has 0 amide bonds. The molecule has 0 heterocycles. The van der Waals surface area contributed by atoms with Gasteiger partial charge in [0.1, 0.15) is 5.60 Å². The lowest BCUT2D eigenvalue weighted by molar-refractivity contribution is -0.385. The Morgan fingerprint density at radius 2 is 1.73 bits per heavy atom. The zero-order chi connectivity index (χ0) is 16.2. The summed E-state index contributed by atoms with van der Waals surface area (Å²) in [7, 11) is 3.86. The van der Waals surface area contributed by atoms with Gasteiger partial charge in [-0.3, -0.25) is 10.1 Å². The van der Waals surface area contributed by atoms with Gasteiger partial charge in [0, 0.05) is 18.7 Å². The topological polar surface area (TPSA) is 66.6 Å². The molecule has 0 aliphatic heterocycles. The maximum absolute atomic E-state index is 11.3. The molecule has 22 heavy (non-hydrogen) atoms. The number of aliphatic hydroxyl groups is 1. The van der Waals surface area contributed by atoms with Gasteiger partial charge < -0.3 is 10.0 Å². The van der Waals surface area contributed by atoms with Gasteiger partial charge in [-0.15, -0.1) is 0 Å². The molecule has 0 aliphatic carbocycles. The van der Waals surface area contributed by atoms with E-state index in [4.69, 9.17) is 0 Å². The standard InChI is InChI=1S/C17H20N2O3/c1-18(2)12-11-17(20,14-7-4-3-5-8-14)15-9-6-10-16(13-15)19(21)22/h3-10,13,20H,11-12H2,1-2H3. The van der Waals surface area contributed by atoms with Crippen molar-refractivity contribution in [2.75, 3.05) is 20.6 Å². The first-order chi connectivity index (χ1) is 10.4. The summed E-state index contributed by atoms with van der Waals surface area (Å²) < 4.78 is 0. The average Bonchev–Trinajstić information content (AvgIpc) is 2.53. The Balaban J connectivity index is 2.48. The molecule has 2 aromatic carbocycles. The fraction of sp³-hybridized carbons (Fsp3) is 0.294. The quantitative estimate of drug-likeness (QED) is 0.658. The number of non-ortho nitro benzene ring substituents is 1. The largest absolute Gasteiger partial charge is 0.380 e. The van der Waals surface area contributed by atoms with E-state index in [1.165, 1.54) is 12.1 Å². The smallest absolute Gasteiger partial charge is 0.269 e. The van der Waals surface area contributed by atoms with E-state index >= 15 is 0 Å². The summed E-state index contributed by atoms with van der Waals surface area (Å²) >= 11 is 0. The third-order valence-electron chi connectivity index (χ3n) is 3.71. The first-order valence-electron chi connectivity index (χ1n) is 7.11. The average molecular weight is 300 g/mol. The van der Waals surface area contributed by atoms with Gasteiger partial charge in [-0.1, -0.05) is 42.5 Å². The fourth-order valence-electron chi connectivity index (χ4n) is 2.43. The van der Waals surface area contributed by atoms with Crippen molar-refractivity contribution >= 4 is 5.69 Å². The van der Waals surface area contributed by atoms with Crippen molar-refractivity contribution < 1.29 is 10.0 Å². The van der Waals surface area contributed by atoms with Gasteiger partial charge in [0.05, 0.1) is 4.92 Å². The predicted molar refractivity (Wildman–Crippen MR) is 85.7 cm³/mol. The Bertz CT molecular complexity index is 643. The zero-order valence-corrected chi connectivity index (χ0v) is 12.8. The summed E-state index contributed by atoms with van der Waals surface area (Å²) in [5, 5.41) is 22.3. The Labute approximate surface area is 130 Å². The van der Waals surface area contributed by atoms with Gasteiger partial charge in [-0.2, -0.15) is 0 Å². The van der Waals surface area contributed by atoms with Crippen molar-refractivity contribution in [2.45, 2.75) is 12.0 Å². The number of nitrogens with zero attached hydrogens (tertiary/aromatic N) is 2. The van der Waals surface area contributed by atoms with Crippen LogP contribution in [0.2, 0.25) is 0 Å². The van der Waals surface area contributed by atoms with Crippen molar-refractivity contribution in [1.29, 1.82) is 0 Å². The number of hydrogen-bond donors (Lipinski definition) is 1. The van der Waals surface area contributed by atoms with Crippen LogP contribution in [-0.4, -0.2) is 35.6 Å². The van der Waals surface area contributed by atoms with Gasteiger partial charge in [0.15, 0.2) is 0 Å². The summed E-state index contributed by atoms with van der Waals surface area (Å²) in [6, 6.07) is 15.5. The van der Waals surface area contributed by atoms with E-state index < -0.39 is 10.5 Å². The van der Waals surface area contributed by atoms with Crippen LogP contribution in [0.5, 0.6) is 0 Å². The third kappa shape index (κ3) is 3.50. The van der Waals surface area contributed by atoms with Crippen LogP contribution in [0.1, 0.15) is 17.5 Å². The van der Waals surface area contributed by atoms with E-state index in [1.807, 2.05) is 49.3 Å². The second-order valence-corrected chi connectivity index (χ2v) is 5.59. The molecule has 0 saturated carbocycles. The van der Waals surface area contributed by atoms with Crippen molar-refractivity contribution in [3.63, 3.8) is 0 Å². The number of hydrogen-bond acceptors (Lipinski definition) is 4. The van der Waals surface area contributed by atoms with E-state index in [0.717, 1.165) is 5.56 Å². The minimum absolute atomic E-state index is 0.0169. The van der Waals surface area contributed by atoms with Crippen molar-refractivity contribution in [3.8, 4) is 0 Å². The molecule has 0 fully saturated rings. The lowest BCUT2D eigenvalue weighted by Crippen LogP contribution is -2.31. The molecule has 1 atom stereocenters. The highest BCUT2D eigenvalue weighted by Gasteiger charge is 2.32. The Kier molecular flexibility index (Phi) is 4.90. The van der Waals surface area contributed by atoms with Crippen LogP contribution < -0.4 is 0 Å². The molecule has 0 radical (unpaired) electrons. The lowest BCUT2D eigenvalue weighted by atomic mass is 9.83. The molecule has 1 N–H and O–H groups in total. The van der Waals surface area contributed by atoms with E-state index in [2.05, 4.69) is 0 Å². The summed E-state index contributed by atoms with van der Waals surface area (Å²) in [4.78, 5) is 12.5. The summed E-state index contributed by atoms with van der Waals surface area (Å²) in [6.07, 6.45) is 0.450. The van der Waals surface area contributed by atoms with Gasteiger partial charge >= 0.3 is 0 Å². The molecule has 2 aromatic rings. The molecular formula is C17H20N2O3. The van der Waals surface area contributed by atoms with Crippen LogP contribution in [0.3, 0.4) is 0 Å². The predicted octanol–water partition coefficient (Wildman–Crippen LogP) is 2.78. The maximum Gasteiger partial charge on any atom is 0.269 e. The van der Waals surface area contributed by atoms with E-state index in [-0.39, 0.29) is 5.69 Å². The van der Waals surface area contributed by atoms with Crippen LogP contribution in [0.25, 0.3) is 0 Å². The van der Waals surface area contributed by atoms with E-state index in [1.54, 1.807) is 12.1 Å². The third-order valence-corrected chi connectivity index (χ3v) is 3.71. The lowest BCUT2D eigenvalue weighted by Gasteiger charge is -2.30. The van der Waals surface area contributed by atoms with E-state index in [9.17, 15) is 15.2 Å². The van der Waals surface area contributed by atoms with Crippen LogP contribution in [0.4, 0.5) is 5.69 Å². The molecule has 0 aliphatic rings. The number of nitro groups is 1. The van der Waals surface area contributed by atoms with E-state index in [0.29, 0.717) is 18.5 Å². The highest BCUT2D eigenvalue weighted by molar-refractivity contribution is 5.42. The van der Waals surface area contributed by atoms with Crippen LogP contribution in [-0.2, 0) is 5.60 Å². The second kappa shape index (κ2) is 6.68. The summed E-state index contributed by atoms with van der Waals surface area (Å²) in [6.45, 7) is 0.661.